The number of aryl methyl sites for hydroxylation is 2. The van der Waals surface area contributed by atoms with Gasteiger partial charge in [-0.15, -0.1) is 0 Å². The van der Waals surface area contributed by atoms with E-state index in [1.54, 1.807) is 6.08 Å². The first-order chi connectivity index (χ1) is 14.8. The van der Waals surface area contributed by atoms with Crippen LogP contribution in [-0.4, -0.2) is 32.5 Å². The molecular formula is C26H35N3O3. The van der Waals surface area contributed by atoms with E-state index in [1.807, 2.05) is 58.9 Å². The zero-order valence-corrected chi connectivity index (χ0v) is 20.2. The molecule has 0 atom stereocenters. The van der Waals surface area contributed by atoms with Crippen LogP contribution in [0.5, 0.6) is 0 Å². The smallest absolute Gasteiger partial charge is 0.408 e. The molecule has 0 bridgehead atoms. The molecule has 0 saturated heterocycles. The summed E-state index contributed by atoms with van der Waals surface area (Å²) >= 11 is 0. The maximum Gasteiger partial charge on any atom is 0.408 e. The first-order valence-corrected chi connectivity index (χ1v) is 10.9. The zero-order chi connectivity index (χ0) is 24.2. The van der Waals surface area contributed by atoms with Crippen molar-refractivity contribution in [1.82, 2.24) is 9.88 Å². The molecule has 1 aromatic heterocycles. The highest BCUT2D eigenvalue weighted by Crippen LogP contribution is 2.35. The van der Waals surface area contributed by atoms with E-state index in [0.29, 0.717) is 12.3 Å². The molecule has 2 amide bonds. The fraction of sp³-hybridized carbons (Fsp3) is 0.423. The second kappa shape index (κ2) is 9.98. The van der Waals surface area contributed by atoms with Crippen LogP contribution in [0.2, 0.25) is 0 Å². The van der Waals surface area contributed by atoms with E-state index in [-0.39, 0.29) is 6.54 Å². The minimum Gasteiger partial charge on any atom is -0.465 e. The molecule has 6 nitrogen and oxygen atoms in total. The van der Waals surface area contributed by atoms with Crippen molar-refractivity contribution in [2.75, 3.05) is 0 Å². The third-order valence-electron chi connectivity index (χ3n) is 5.32. The molecule has 2 rings (SSSR count). The molecule has 0 aliphatic heterocycles. The summed E-state index contributed by atoms with van der Waals surface area (Å²) in [5.41, 5.74) is 11.0. The fourth-order valence-corrected chi connectivity index (χ4v) is 3.71. The van der Waals surface area contributed by atoms with Crippen LogP contribution < -0.4 is 5.73 Å². The van der Waals surface area contributed by atoms with Gasteiger partial charge in [-0.25, -0.2) is 4.79 Å². The molecule has 0 aliphatic rings. The number of pyridine rings is 1. The van der Waals surface area contributed by atoms with Gasteiger partial charge in [0.2, 0.25) is 5.91 Å². The minimum absolute atomic E-state index is 0.189. The Kier molecular flexibility index (Phi) is 7.83. The molecule has 0 fully saturated rings. The highest BCUT2D eigenvalue weighted by Gasteiger charge is 2.29. The fourth-order valence-electron chi connectivity index (χ4n) is 3.71. The number of aromatic nitrogens is 1. The Bertz CT molecular complexity index is 1020. The maximum absolute atomic E-state index is 12.2. The Hall–Kier alpha value is -3.15. The highest BCUT2D eigenvalue weighted by atomic mass is 16.4. The van der Waals surface area contributed by atoms with Crippen molar-refractivity contribution < 1.29 is 14.7 Å². The van der Waals surface area contributed by atoms with Crippen LogP contribution in [0.1, 0.15) is 62.7 Å². The molecule has 0 saturated carbocycles. The van der Waals surface area contributed by atoms with E-state index >= 15 is 0 Å². The van der Waals surface area contributed by atoms with Crippen LogP contribution in [0.25, 0.3) is 17.2 Å². The third-order valence-corrected chi connectivity index (χ3v) is 5.32. The lowest BCUT2D eigenvalue weighted by Gasteiger charge is -2.35. The van der Waals surface area contributed by atoms with E-state index in [9.17, 15) is 14.7 Å². The largest absolute Gasteiger partial charge is 0.465 e. The normalized spacial score (nSPS) is 11.9. The van der Waals surface area contributed by atoms with E-state index < -0.39 is 17.5 Å². The summed E-state index contributed by atoms with van der Waals surface area (Å²) in [5, 5.41) is 9.97. The van der Waals surface area contributed by atoms with Crippen LogP contribution in [0.15, 0.2) is 30.3 Å². The number of carbonyl (C=O) groups excluding carboxylic acids is 1. The number of nitrogens with two attached hydrogens (primary N) is 1. The first kappa shape index (κ1) is 25.1. The average molecular weight is 438 g/mol. The van der Waals surface area contributed by atoms with Gasteiger partial charge in [0.05, 0.1) is 6.54 Å². The number of hydrogen-bond acceptors (Lipinski definition) is 3. The lowest BCUT2D eigenvalue weighted by Crippen LogP contribution is -2.44. The number of carboxylic acid groups (broad SMARTS) is 1. The summed E-state index contributed by atoms with van der Waals surface area (Å²) in [4.78, 5) is 30.0. The van der Waals surface area contributed by atoms with Gasteiger partial charge in [-0.3, -0.25) is 14.7 Å². The van der Waals surface area contributed by atoms with Gasteiger partial charge in [-0.1, -0.05) is 43.7 Å². The molecular weight excluding hydrogens is 402 g/mol. The molecule has 1 heterocycles. The Morgan fingerprint density at radius 1 is 1.16 bits per heavy atom. The van der Waals surface area contributed by atoms with Gasteiger partial charge in [0.1, 0.15) is 0 Å². The van der Waals surface area contributed by atoms with Gasteiger partial charge in [0.15, 0.2) is 0 Å². The monoisotopic (exact) mass is 437 g/mol. The van der Waals surface area contributed by atoms with Crippen molar-refractivity contribution >= 4 is 18.1 Å². The number of benzene rings is 1. The second-order valence-corrected chi connectivity index (χ2v) is 9.65. The number of nitrogens with zero attached hydrogens (tertiary/aromatic N) is 2. The van der Waals surface area contributed by atoms with E-state index in [2.05, 4.69) is 13.8 Å². The van der Waals surface area contributed by atoms with E-state index in [0.717, 1.165) is 39.2 Å². The van der Waals surface area contributed by atoms with Crippen LogP contribution in [0.4, 0.5) is 4.79 Å². The Morgan fingerprint density at radius 2 is 1.75 bits per heavy atom. The Balaban J connectivity index is 2.91. The number of rotatable bonds is 7. The van der Waals surface area contributed by atoms with Crippen molar-refractivity contribution in [2.45, 2.75) is 67.0 Å². The van der Waals surface area contributed by atoms with Crippen molar-refractivity contribution in [1.29, 1.82) is 0 Å². The second-order valence-electron chi connectivity index (χ2n) is 9.65. The van der Waals surface area contributed by atoms with Crippen LogP contribution in [0, 0.1) is 19.8 Å². The number of primary amides is 1. The van der Waals surface area contributed by atoms with Crippen molar-refractivity contribution in [2.24, 2.45) is 11.7 Å². The van der Waals surface area contributed by atoms with Gasteiger partial charge in [-0.2, -0.15) is 0 Å². The van der Waals surface area contributed by atoms with Crippen LogP contribution >= 0.6 is 0 Å². The molecule has 6 heteroatoms. The van der Waals surface area contributed by atoms with Crippen molar-refractivity contribution in [3.05, 3.63) is 58.4 Å². The summed E-state index contributed by atoms with van der Waals surface area (Å²) in [6, 6.07) is 8.10. The van der Waals surface area contributed by atoms with E-state index in [1.165, 1.54) is 11.0 Å². The van der Waals surface area contributed by atoms with Crippen LogP contribution in [0.3, 0.4) is 0 Å². The molecule has 3 N–H and O–H groups in total. The van der Waals surface area contributed by atoms with Gasteiger partial charge < -0.3 is 10.8 Å². The quantitative estimate of drug-likeness (QED) is 0.571. The summed E-state index contributed by atoms with van der Waals surface area (Å²) in [5.74, 6) is -0.208. The molecule has 0 radical (unpaired) electrons. The van der Waals surface area contributed by atoms with E-state index in [4.69, 9.17) is 10.7 Å². The summed E-state index contributed by atoms with van der Waals surface area (Å²) in [6.45, 7) is 14.0. The predicted octanol–water partition coefficient (Wildman–Crippen LogP) is 5.34. The van der Waals surface area contributed by atoms with Gasteiger partial charge in [0, 0.05) is 34.1 Å². The summed E-state index contributed by atoms with van der Waals surface area (Å²) < 4.78 is 0. The molecule has 2 aromatic rings. The van der Waals surface area contributed by atoms with Crippen molar-refractivity contribution in [3.8, 4) is 11.1 Å². The SMILES string of the molecule is Cc1ccc(-c2c(C=CC(N)=O)c(C)nc(CC(C)C)c2CN(C(=O)O)C(C)(C)C)cc1. The zero-order valence-electron chi connectivity index (χ0n) is 20.2. The van der Waals surface area contributed by atoms with Gasteiger partial charge in [-0.05, 0) is 64.2 Å². The lowest BCUT2D eigenvalue weighted by molar-refractivity contribution is -0.113. The van der Waals surface area contributed by atoms with Gasteiger partial charge >= 0.3 is 6.09 Å². The van der Waals surface area contributed by atoms with Crippen LogP contribution in [-0.2, 0) is 17.8 Å². The minimum atomic E-state index is -0.988. The predicted molar refractivity (Wildman–Crippen MR) is 129 cm³/mol. The lowest BCUT2D eigenvalue weighted by atomic mass is 9.88. The Labute approximate surface area is 191 Å². The molecule has 172 valence electrons. The number of amides is 2. The Morgan fingerprint density at radius 3 is 2.22 bits per heavy atom. The standard InChI is InChI=1S/C26H35N3O3/c1-16(2)14-22-21(15-29(25(31)32)26(5,6)7)24(19-10-8-17(3)9-11-19)20(18(4)28-22)12-13-23(27)30/h8-13,16H,14-15H2,1-7H3,(H2,27,30)(H,31,32). The molecule has 32 heavy (non-hydrogen) atoms. The first-order valence-electron chi connectivity index (χ1n) is 10.9. The maximum atomic E-state index is 12.2. The van der Waals surface area contributed by atoms with Crippen molar-refractivity contribution in [3.63, 3.8) is 0 Å². The third kappa shape index (κ3) is 6.19. The highest BCUT2D eigenvalue weighted by molar-refractivity contribution is 5.92. The molecule has 0 spiro atoms. The van der Waals surface area contributed by atoms with Gasteiger partial charge in [0.25, 0.3) is 0 Å². The summed E-state index contributed by atoms with van der Waals surface area (Å²) in [7, 11) is 0. The molecule has 1 aromatic carbocycles. The summed E-state index contributed by atoms with van der Waals surface area (Å²) in [6.07, 6.45) is 2.74. The number of hydrogen-bond donors (Lipinski definition) is 2. The molecule has 0 unspecified atom stereocenters. The topological polar surface area (TPSA) is 96.5 Å². The molecule has 0 aliphatic carbocycles. The number of carbonyl (C=O) groups is 2. The average Bonchev–Trinajstić information content (AvgIpc) is 2.64.